The second kappa shape index (κ2) is 4.52. The first-order chi connectivity index (χ1) is 7.27. The molecule has 1 aromatic heterocycles. The highest BCUT2D eigenvalue weighted by molar-refractivity contribution is 9.10. The fourth-order valence-electron chi connectivity index (χ4n) is 1.00. The van der Waals surface area contributed by atoms with E-state index in [-0.39, 0.29) is 0 Å². The van der Waals surface area contributed by atoms with Crippen LogP contribution in [0, 0.1) is 0 Å². The highest BCUT2D eigenvalue weighted by atomic mass is 79.9. The van der Waals surface area contributed by atoms with Crippen LogP contribution in [0.1, 0.15) is 17.8 Å². The standard InChI is InChI=1S/C8H5BrF5NO/c1-16-4-2-3(9)6(8(12,13)14)15-5(4)7(10)11/h2,7H,1H3. The Hall–Kier alpha value is -0.920. The summed E-state index contributed by atoms with van der Waals surface area (Å²) in [6, 6.07) is 0.817. The van der Waals surface area contributed by atoms with E-state index in [1.807, 2.05) is 0 Å². The number of halogens is 6. The van der Waals surface area contributed by atoms with Crippen molar-refractivity contribution < 1.29 is 26.7 Å². The number of rotatable bonds is 2. The summed E-state index contributed by atoms with van der Waals surface area (Å²) in [4.78, 5) is 2.87. The van der Waals surface area contributed by atoms with E-state index in [1.165, 1.54) is 0 Å². The fraction of sp³-hybridized carbons (Fsp3) is 0.375. The van der Waals surface area contributed by atoms with Crippen LogP contribution in [-0.2, 0) is 6.18 Å². The molecule has 0 bridgehead atoms. The first kappa shape index (κ1) is 13.1. The van der Waals surface area contributed by atoms with Crippen molar-refractivity contribution in [2.24, 2.45) is 0 Å². The Bertz CT molecular complexity index is 393. The molecule has 0 aliphatic rings. The molecular formula is C8H5BrF5NO. The topological polar surface area (TPSA) is 22.1 Å². The Morgan fingerprint density at radius 1 is 1.38 bits per heavy atom. The van der Waals surface area contributed by atoms with Crippen LogP contribution < -0.4 is 4.74 Å². The average Bonchev–Trinajstić information content (AvgIpc) is 2.14. The number of nitrogens with zero attached hydrogens (tertiary/aromatic N) is 1. The average molecular weight is 306 g/mol. The van der Waals surface area contributed by atoms with E-state index in [0.29, 0.717) is 0 Å². The lowest BCUT2D eigenvalue weighted by atomic mass is 10.2. The minimum absolute atomic E-state index is 0.394. The zero-order valence-corrected chi connectivity index (χ0v) is 9.36. The van der Waals surface area contributed by atoms with Gasteiger partial charge in [0.05, 0.1) is 11.6 Å². The van der Waals surface area contributed by atoms with Crippen LogP contribution in [0.4, 0.5) is 22.0 Å². The maximum absolute atomic E-state index is 12.4. The SMILES string of the molecule is COc1cc(Br)c(C(F)(F)F)nc1C(F)F. The second-order valence-electron chi connectivity index (χ2n) is 2.70. The molecule has 0 aromatic carbocycles. The molecule has 0 spiro atoms. The molecule has 0 aliphatic carbocycles. The van der Waals surface area contributed by atoms with Crippen LogP contribution in [0.15, 0.2) is 10.5 Å². The summed E-state index contributed by atoms with van der Waals surface area (Å²) in [5.74, 6) is -0.394. The molecule has 0 unspecified atom stereocenters. The van der Waals surface area contributed by atoms with Crippen LogP contribution in [0.5, 0.6) is 5.75 Å². The van der Waals surface area contributed by atoms with Crippen LogP contribution in [0.25, 0.3) is 0 Å². The van der Waals surface area contributed by atoms with E-state index >= 15 is 0 Å². The zero-order valence-electron chi connectivity index (χ0n) is 7.78. The number of methoxy groups -OCH3 is 1. The quantitative estimate of drug-likeness (QED) is 0.775. The summed E-state index contributed by atoms with van der Waals surface area (Å²) in [7, 11) is 1.07. The molecule has 1 heterocycles. The van der Waals surface area contributed by atoms with Gasteiger partial charge in [0.25, 0.3) is 6.43 Å². The van der Waals surface area contributed by atoms with Crippen molar-refractivity contribution in [1.29, 1.82) is 0 Å². The van der Waals surface area contributed by atoms with E-state index in [4.69, 9.17) is 0 Å². The molecule has 0 amide bonds. The summed E-state index contributed by atoms with van der Waals surface area (Å²) < 4.78 is 65.9. The maximum Gasteiger partial charge on any atom is 0.434 e. The van der Waals surface area contributed by atoms with Gasteiger partial charge in [-0.2, -0.15) is 13.2 Å². The van der Waals surface area contributed by atoms with Gasteiger partial charge in [-0.1, -0.05) is 0 Å². The lowest BCUT2D eigenvalue weighted by Crippen LogP contribution is -2.12. The van der Waals surface area contributed by atoms with Gasteiger partial charge in [-0.15, -0.1) is 0 Å². The molecule has 0 saturated carbocycles. The van der Waals surface area contributed by atoms with Crippen molar-refractivity contribution in [2.75, 3.05) is 7.11 Å². The maximum atomic E-state index is 12.4. The van der Waals surface area contributed by atoms with Crippen molar-refractivity contribution in [2.45, 2.75) is 12.6 Å². The van der Waals surface area contributed by atoms with Crippen LogP contribution in [0.2, 0.25) is 0 Å². The van der Waals surface area contributed by atoms with Crippen molar-refractivity contribution in [1.82, 2.24) is 4.98 Å². The largest absolute Gasteiger partial charge is 0.495 e. The van der Waals surface area contributed by atoms with Gasteiger partial charge < -0.3 is 4.74 Å². The van der Waals surface area contributed by atoms with Crippen LogP contribution in [-0.4, -0.2) is 12.1 Å². The summed E-state index contributed by atoms with van der Waals surface area (Å²) in [5, 5.41) is 0. The number of aromatic nitrogens is 1. The molecule has 0 atom stereocenters. The van der Waals surface area contributed by atoms with Gasteiger partial charge in [0, 0.05) is 0 Å². The molecule has 8 heteroatoms. The molecule has 0 saturated heterocycles. The molecule has 0 radical (unpaired) electrons. The van der Waals surface area contributed by atoms with Gasteiger partial charge in [-0.25, -0.2) is 13.8 Å². The van der Waals surface area contributed by atoms with E-state index in [1.54, 1.807) is 0 Å². The smallest absolute Gasteiger partial charge is 0.434 e. The van der Waals surface area contributed by atoms with Crippen molar-refractivity contribution in [3.05, 3.63) is 21.9 Å². The lowest BCUT2D eigenvalue weighted by Gasteiger charge is -2.13. The summed E-state index contributed by atoms with van der Waals surface area (Å²) in [6.07, 6.45) is -7.93. The number of alkyl halides is 5. The first-order valence-electron chi connectivity index (χ1n) is 3.87. The molecule has 16 heavy (non-hydrogen) atoms. The minimum Gasteiger partial charge on any atom is -0.495 e. The third kappa shape index (κ3) is 2.60. The second-order valence-corrected chi connectivity index (χ2v) is 3.56. The van der Waals surface area contributed by atoms with Gasteiger partial charge >= 0.3 is 6.18 Å². The molecule has 2 nitrogen and oxygen atoms in total. The highest BCUT2D eigenvalue weighted by Crippen LogP contribution is 2.38. The predicted octanol–water partition coefficient (Wildman–Crippen LogP) is 3.81. The Morgan fingerprint density at radius 2 is 1.94 bits per heavy atom. The normalized spacial score (nSPS) is 12.0. The van der Waals surface area contributed by atoms with Gasteiger partial charge in [0.15, 0.2) is 5.69 Å². The van der Waals surface area contributed by atoms with E-state index in [0.717, 1.165) is 13.2 Å². The molecule has 1 aromatic rings. The molecule has 0 fully saturated rings. The van der Waals surface area contributed by atoms with Gasteiger partial charge in [0.2, 0.25) is 0 Å². The van der Waals surface area contributed by atoms with Crippen LogP contribution >= 0.6 is 15.9 Å². The number of hydrogen-bond donors (Lipinski definition) is 0. The monoisotopic (exact) mass is 305 g/mol. The minimum atomic E-state index is -4.80. The lowest BCUT2D eigenvalue weighted by molar-refractivity contribution is -0.142. The molecule has 0 N–H and O–H groups in total. The molecule has 1 rings (SSSR count). The summed E-state index contributed by atoms with van der Waals surface area (Å²) in [6.45, 7) is 0. The molecular weight excluding hydrogens is 301 g/mol. The first-order valence-corrected chi connectivity index (χ1v) is 4.66. The Morgan fingerprint density at radius 3 is 2.31 bits per heavy atom. The molecule has 90 valence electrons. The van der Waals surface area contributed by atoms with Gasteiger partial charge in [-0.3, -0.25) is 0 Å². The Kier molecular flexibility index (Phi) is 3.72. The van der Waals surface area contributed by atoms with E-state index in [9.17, 15) is 22.0 Å². The fourth-order valence-corrected chi connectivity index (χ4v) is 1.53. The molecule has 0 aliphatic heterocycles. The predicted molar refractivity (Wildman–Crippen MR) is 48.4 cm³/mol. The van der Waals surface area contributed by atoms with E-state index < -0.39 is 34.2 Å². The van der Waals surface area contributed by atoms with Crippen LogP contribution in [0.3, 0.4) is 0 Å². The van der Waals surface area contributed by atoms with Gasteiger partial charge in [-0.05, 0) is 22.0 Å². The van der Waals surface area contributed by atoms with Crippen molar-refractivity contribution in [3.63, 3.8) is 0 Å². The Balaban J connectivity index is 3.39. The number of ether oxygens (including phenoxy) is 1. The number of hydrogen-bond acceptors (Lipinski definition) is 2. The highest BCUT2D eigenvalue weighted by Gasteiger charge is 2.37. The van der Waals surface area contributed by atoms with Gasteiger partial charge in [0.1, 0.15) is 11.4 Å². The third-order valence-electron chi connectivity index (χ3n) is 1.66. The summed E-state index contributed by atoms with van der Waals surface area (Å²) in [5.41, 5.74) is -2.43. The number of pyridine rings is 1. The zero-order chi connectivity index (χ0) is 12.5. The Labute approximate surface area is 95.6 Å². The van der Waals surface area contributed by atoms with Crippen molar-refractivity contribution in [3.8, 4) is 5.75 Å². The van der Waals surface area contributed by atoms with E-state index in [2.05, 4.69) is 25.7 Å². The van der Waals surface area contributed by atoms with Crippen molar-refractivity contribution >= 4 is 15.9 Å². The third-order valence-corrected chi connectivity index (χ3v) is 2.27. The summed E-state index contributed by atoms with van der Waals surface area (Å²) >= 11 is 2.60.